The molecule has 2 fully saturated rings. The molecule has 4 unspecified atom stereocenters. The van der Waals surface area contributed by atoms with E-state index >= 15 is 0 Å². The molecule has 5 heteroatoms. The maximum Gasteiger partial charge on any atom is 0.308 e. The van der Waals surface area contributed by atoms with Crippen molar-refractivity contribution in [2.45, 2.75) is 25.3 Å². The number of carboxylic acid groups (broad SMARTS) is 1. The lowest BCUT2D eigenvalue weighted by molar-refractivity contribution is -0.144. The largest absolute Gasteiger partial charge is 0.481 e. The number of aliphatic carboxylic acids is 1. The first-order valence-corrected chi connectivity index (χ1v) is 6.90. The molecule has 2 aliphatic rings. The summed E-state index contributed by atoms with van der Waals surface area (Å²) in [5.74, 6) is -0.362. The SMILES string of the molecule is O=C(C=Cc1ccco1)NC1C2CCC(C2)C1C(=O)O. The summed E-state index contributed by atoms with van der Waals surface area (Å²) in [6.45, 7) is 0. The van der Waals surface area contributed by atoms with Crippen LogP contribution in [0.2, 0.25) is 0 Å². The van der Waals surface area contributed by atoms with Gasteiger partial charge in [0.1, 0.15) is 5.76 Å². The van der Waals surface area contributed by atoms with Crippen LogP contribution in [-0.4, -0.2) is 23.0 Å². The Morgan fingerprint density at radius 1 is 1.35 bits per heavy atom. The number of hydrogen-bond donors (Lipinski definition) is 2. The standard InChI is InChI=1S/C15H17NO4/c17-12(6-5-11-2-1-7-20-11)16-14-10-4-3-9(8-10)13(14)15(18)19/h1-2,5-7,9-10,13-14H,3-4,8H2,(H,16,17)(H,18,19). The second-order valence-corrected chi connectivity index (χ2v) is 5.58. The molecule has 0 aliphatic heterocycles. The molecule has 0 spiro atoms. The maximum atomic E-state index is 11.9. The van der Waals surface area contributed by atoms with Gasteiger partial charge in [-0.15, -0.1) is 0 Å². The van der Waals surface area contributed by atoms with Crippen molar-refractivity contribution in [3.05, 3.63) is 30.2 Å². The Morgan fingerprint density at radius 3 is 2.85 bits per heavy atom. The number of rotatable bonds is 4. The predicted octanol–water partition coefficient (Wildman–Crippen LogP) is 1.91. The number of nitrogens with one attached hydrogen (secondary N) is 1. The van der Waals surface area contributed by atoms with E-state index in [0.29, 0.717) is 11.7 Å². The molecule has 0 aromatic carbocycles. The zero-order valence-corrected chi connectivity index (χ0v) is 11.0. The van der Waals surface area contributed by atoms with Gasteiger partial charge in [-0.25, -0.2) is 0 Å². The molecule has 0 saturated heterocycles. The van der Waals surface area contributed by atoms with Crippen LogP contribution in [0.4, 0.5) is 0 Å². The van der Waals surface area contributed by atoms with Crippen LogP contribution < -0.4 is 5.32 Å². The van der Waals surface area contributed by atoms with Gasteiger partial charge in [0.2, 0.25) is 5.91 Å². The minimum Gasteiger partial charge on any atom is -0.481 e. The number of fused-ring (bicyclic) bond motifs is 2. The van der Waals surface area contributed by atoms with Gasteiger partial charge < -0.3 is 14.8 Å². The molecule has 106 valence electrons. The van der Waals surface area contributed by atoms with Crippen LogP contribution in [0.15, 0.2) is 28.9 Å². The Balaban J connectivity index is 1.64. The summed E-state index contributed by atoms with van der Waals surface area (Å²) >= 11 is 0. The van der Waals surface area contributed by atoms with Gasteiger partial charge in [0.05, 0.1) is 12.2 Å². The van der Waals surface area contributed by atoms with Gasteiger partial charge in [-0.05, 0) is 49.3 Å². The molecule has 20 heavy (non-hydrogen) atoms. The molecule has 1 aromatic heterocycles. The molecular weight excluding hydrogens is 258 g/mol. The molecule has 0 radical (unpaired) electrons. The number of hydrogen-bond acceptors (Lipinski definition) is 3. The van der Waals surface area contributed by atoms with Crippen molar-refractivity contribution in [1.82, 2.24) is 5.32 Å². The van der Waals surface area contributed by atoms with E-state index in [9.17, 15) is 14.7 Å². The van der Waals surface area contributed by atoms with E-state index < -0.39 is 11.9 Å². The smallest absolute Gasteiger partial charge is 0.308 e. The molecule has 1 heterocycles. The van der Waals surface area contributed by atoms with E-state index in [2.05, 4.69) is 5.32 Å². The highest BCUT2D eigenvalue weighted by atomic mass is 16.4. The highest BCUT2D eigenvalue weighted by molar-refractivity contribution is 5.92. The maximum absolute atomic E-state index is 11.9. The number of carboxylic acids is 1. The minimum atomic E-state index is -0.794. The van der Waals surface area contributed by atoms with Crippen molar-refractivity contribution in [2.75, 3.05) is 0 Å². The van der Waals surface area contributed by atoms with E-state index in [4.69, 9.17) is 4.42 Å². The van der Waals surface area contributed by atoms with Crippen LogP contribution in [0, 0.1) is 17.8 Å². The monoisotopic (exact) mass is 275 g/mol. The van der Waals surface area contributed by atoms with Crippen molar-refractivity contribution in [3.63, 3.8) is 0 Å². The number of amides is 1. The van der Waals surface area contributed by atoms with E-state index in [1.807, 2.05) is 0 Å². The van der Waals surface area contributed by atoms with Gasteiger partial charge in [0, 0.05) is 12.1 Å². The zero-order valence-electron chi connectivity index (χ0n) is 11.0. The van der Waals surface area contributed by atoms with Crippen LogP contribution >= 0.6 is 0 Å². The van der Waals surface area contributed by atoms with Crippen LogP contribution in [-0.2, 0) is 9.59 Å². The number of carbonyl (C=O) groups is 2. The van der Waals surface area contributed by atoms with Gasteiger partial charge in [-0.2, -0.15) is 0 Å². The molecule has 1 amide bonds. The highest BCUT2D eigenvalue weighted by Gasteiger charge is 2.51. The first kappa shape index (κ1) is 13.0. The van der Waals surface area contributed by atoms with Gasteiger partial charge in [-0.3, -0.25) is 9.59 Å². The van der Waals surface area contributed by atoms with Crippen molar-refractivity contribution in [2.24, 2.45) is 17.8 Å². The topological polar surface area (TPSA) is 79.5 Å². The fourth-order valence-corrected chi connectivity index (χ4v) is 3.61. The van der Waals surface area contributed by atoms with Crippen molar-refractivity contribution >= 4 is 18.0 Å². The van der Waals surface area contributed by atoms with Gasteiger partial charge in [0.15, 0.2) is 0 Å². The van der Waals surface area contributed by atoms with E-state index in [1.165, 1.54) is 12.3 Å². The second-order valence-electron chi connectivity index (χ2n) is 5.58. The normalized spacial score (nSPS) is 31.8. The quantitative estimate of drug-likeness (QED) is 0.823. The molecule has 4 atom stereocenters. The summed E-state index contributed by atoms with van der Waals surface area (Å²) in [6.07, 6.45) is 7.41. The second kappa shape index (κ2) is 5.15. The Labute approximate surface area is 116 Å². The molecule has 5 nitrogen and oxygen atoms in total. The van der Waals surface area contributed by atoms with Crippen molar-refractivity contribution in [3.8, 4) is 0 Å². The van der Waals surface area contributed by atoms with Gasteiger partial charge in [-0.1, -0.05) is 0 Å². The van der Waals surface area contributed by atoms with E-state index in [-0.39, 0.29) is 17.9 Å². The molecule has 2 aliphatic carbocycles. The molecule has 3 rings (SSSR count). The first-order chi connectivity index (χ1) is 9.65. The van der Waals surface area contributed by atoms with E-state index in [1.54, 1.807) is 18.2 Å². The molecule has 1 aromatic rings. The number of carbonyl (C=O) groups excluding carboxylic acids is 1. The summed E-state index contributed by atoms with van der Waals surface area (Å²) in [4.78, 5) is 23.2. The van der Waals surface area contributed by atoms with Crippen LogP contribution in [0.1, 0.15) is 25.0 Å². The first-order valence-electron chi connectivity index (χ1n) is 6.90. The Kier molecular flexibility index (Phi) is 3.34. The summed E-state index contributed by atoms with van der Waals surface area (Å²) < 4.78 is 5.10. The Morgan fingerprint density at radius 2 is 2.15 bits per heavy atom. The summed E-state index contributed by atoms with van der Waals surface area (Å²) in [7, 11) is 0. The third-order valence-corrected chi connectivity index (χ3v) is 4.45. The Hall–Kier alpha value is -2.04. The van der Waals surface area contributed by atoms with Crippen molar-refractivity contribution in [1.29, 1.82) is 0 Å². The average molecular weight is 275 g/mol. The minimum absolute atomic E-state index is 0.219. The summed E-state index contributed by atoms with van der Waals surface area (Å²) in [6, 6.07) is 3.26. The molecule has 2 N–H and O–H groups in total. The highest BCUT2D eigenvalue weighted by Crippen LogP contribution is 2.48. The molecular formula is C15H17NO4. The third kappa shape index (κ3) is 2.35. The van der Waals surface area contributed by atoms with Crippen molar-refractivity contribution < 1.29 is 19.1 Å². The summed E-state index contributed by atoms with van der Waals surface area (Å²) in [5, 5.41) is 12.2. The molecule has 2 bridgehead atoms. The lowest BCUT2D eigenvalue weighted by atomic mass is 9.84. The summed E-state index contributed by atoms with van der Waals surface area (Å²) in [5.41, 5.74) is 0. The Bertz CT molecular complexity index is 534. The predicted molar refractivity (Wildman–Crippen MR) is 71.6 cm³/mol. The lowest BCUT2D eigenvalue weighted by Crippen LogP contribution is -2.46. The zero-order chi connectivity index (χ0) is 14.1. The van der Waals surface area contributed by atoms with Gasteiger partial charge in [0.25, 0.3) is 0 Å². The van der Waals surface area contributed by atoms with Crippen LogP contribution in [0.5, 0.6) is 0 Å². The fourth-order valence-electron chi connectivity index (χ4n) is 3.61. The molecule has 2 saturated carbocycles. The van der Waals surface area contributed by atoms with Crippen LogP contribution in [0.25, 0.3) is 6.08 Å². The van der Waals surface area contributed by atoms with Gasteiger partial charge >= 0.3 is 5.97 Å². The van der Waals surface area contributed by atoms with E-state index in [0.717, 1.165) is 19.3 Å². The lowest BCUT2D eigenvalue weighted by Gasteiger charge is -2.28. The number of furan rings is 1. The fraction of sp³-hybridized carbons (Fsp3) is 0.467. The average Bonchev–Trinajstić information content (AvgIpc) is 3.12. The van der Waals surface area contributed by atoms with Crippen LogP contribution in [0.3, 0.4) is 0 Å². The third-order valence-electron chi connectivity index (χ3n) is 4.45.